The highest BCUT2D eigenvalue weighted by Gasteiger charge is 2.24. The lowest BCUT2D eigenvalue weighted by molar-refractivity contribution is 0.217. The normalized spacial score (nSPS) is 18.6. The molecule has 2 unspecified atom stereocenters. The molecule has 2 N–H and O–H groups in total. The van der Waals surface area contributed by atoms with Crippen LogP contribution in [0.15, 0.2) is 23.2 Å². The van der Waals surface area contributed by atoms with Gasteiger partial charge in [0.1, 0.15) is 6.61 Å². The average molecular weight is 565 g/mol. The Kier molecular flexibility index (Phi) is 14.4. The Labute approximate surface area is 210 Å². The van der Waals surface area contributed by atoms with Crippen molar-refractivity contribution < 1.29 is 9.47 Å². The van der Waals surface area contributed by atoms with Crippen LogP contribution in [0.2, 0.25) is 0 Å². The fourth-order valence-corrected chi connectivity index (χ4v) is 4.52. The van der Waals surface area contributed by atoms with E-state index in [0.717, 1.165) is 54.5 Å². The van der Waals surface area contributed by atoms with E-state index in [1.165, 1.54) is 19.3 Å². The molecule has 0 saturated heterocycles. The van der Waals surface area contributed by atoms with Crippen molar-refractivity contribution >= 4 is 41.7 Å². The van der Waals surface area contributed by atoms with Crippen LogP contribution in [0.1, 0.15) is 45.6 Å². The van der Waals surface area contributed by atoms with Gasteiger partial charge in [0, 0.05) is 24.4 Å². The molecule has 1 aromatic carbocycles. The molecule has 0 radical (unpaired) electrons. The molecule has 1 aliphatic rings. The number of guanidine groups is 1. The van der Waals surface area contributed by atoms with Gasteiger partial charge in [0.2, 0.25) is 0 Å². The summed E-state index contributed by atoms with van der Waals surface area (Å²) in [5.74, 6) is 2.44. The second-order valence-electron chi connectivity index (χ2n) is 7.57. The zero-order chi connectivity index (χ0) is 21.8. The third kappa shape index (κ3) is 9.65. The lowest BCUT2D eigenvalue weighted by Gasteiger charge is -2.19. The summed E-state index contributed by atoms with van der Waals surface area (Å²) in [6.45, 7) is 11.5. The minimum atomic E-state index is 0. The Hall–Kier alpha value is -0.870. The Bertz CT molecular complexity index is 658. The van der Waals surface area contributed by atoms with Crippen LogP contribution in [0, 0.1) is 0 Å². The highest BCUT2D eigenvalue weighted by Crippen LogP contribution is 2.29. The maximum Gasteiger partial charge on any atom is 0.191 e. The van der Waals surface area contributed by atoms with Gasteiger partial charge in [-0.05, 0) is 63.2 Å². The van der Waals surface area contributed by atoms with Crippen molar-refractivity contribution in [2.45, 2.75) is 57.9 Å². The number of nitrogens with zero attached hydrogens (tertiary/aromatic N) is 2. The Morgan fingerprint density at radius 3 is 2.58 bits per heavy atom. The summed E-state index contributed by atoms with van der Waals surface area (Å²) in [5.41, 5.74) is 1.11. The van der Waals surface area contributed by atoms with Crippen LogP contribution < -0.4 is 20.1 Å². The first-order valence-electron chi connectivity index (χ1n) is 11.2. The number of likely N-dealkylation sites (N-methyl/N-ethyl adjacent to an activating group) is 1. The highest BCUT2D eigenvalue weighted by molar-refractivity contribution is 14.0. The second-order valence-corrected chi connectivity index (χ2v) is 8.71. The maximum absolute atomic E-state index is 5.96. The van der Waals surface area contributed by atoms with Crippen LogP contribution in [0.3, 0.4) is 0 Å². The first-order chi connectivity index (χ1) is 14.6. The van der Waals surface area contributed by atoms with E-state index in [2.05, 4.69) is 48.6 Å². The fourth-order valence-electron chi connectivity index (χ4n) is 3.72. The minimum absolute atomic E-state index is 0. The predicted molar refractivity (Wildman–Crippen MR) is 145 cm³/mol. The van der Waals surface area contributed by atoms with Gasteiger partial charge in [0.15, 0.2) is 17.5 Å². The van der Waals surface area contributed by atoms with Crippen molar-refractivity contribution in [3.05, 3.63) is 23.8 Å². The van der Waals surface area contributed by atoms with E-state index < -0.39 is 0 Å². The van der Waals surface area contributed by atoms with Gasteiger partial charge in [-0.25, -0.2) is 4.99 Å². The van der Waals surface area contributed by atoms with Crippen LogP contribution in [0.4, 0.5) is 0 Å². The molecule has 0 aromatic heterocycles. The van der Waals surface area contributed by atoms with Gasteiger partial charge >= 0.3 is 0 Å². The molecule has 1 aromatic rings. The standard InChI is InChI=1S/C23H40N4O2S.HI/c1-6-24-23(26-19-10-11-20(16-19)30-5)25-17-18-9-12-21(22(15-18)28-4)29-14-13-27(7-2)8-3;/h9,12,15,19-20H,6-8,10-11,13-14,16-17H2,1-5H3,(H2,24,25,26);1H. The Morgan fingerprint density at radius 1 is 1.19 bits per heavy atom. The highest BCUT2D eigenvalue weighted by atomic mass is 127. The van der Waals surface area contributed by atoms with Gasteiger partial charge in [-0.1, -0.05) is 19.9 Å². The number of hydrogen-bond donors (Lipinski definition) is 2. The number of rotatable bonds is 12. The molecule has 2 atom stereocenters. The van der Waals surface area contributed by atoms with E-state index in [0.29, 0.717) is 19.2 Å². The zero-order valence-electron chi connectivity index (χ0n) is 19.8. The van der Waals surface area contributed by atoms with E-state index in [1.807, 2.05) is 23.9 Å². The number of hydrogen-bond acceptors (Lipinski definition) is 5. The third-order valence-corrected chi connectivity index (χ3v) is 6.71. The summed E-state index contributed by atoms with van der Waals surface area (Å²) in [6, 6.07) is 6.60. The quantitative estimate of drug-likeness (QED) is 0.224. The number of ether oxygens (including phenoxy) is 2. The van der Waals surface area contributed by atoms with E-state index in [-0.39, 0.29) is 24.0 Å². The number of halogens is 1. The molecule has 2 rings (SSSR count). The van der Waals surface area contributed by atoms with Crippen LogP contribution >= 0.6 is 35.7 Å². The topological polar surface area (TPSA) is 58.1 Å². The summed E-state index contributed by atoms with van der Waals surface area (Å²) in [7, 11) is 1.69. The molecule has 0 aliphatic heterocycles. The van der Waals surface area contributed by atoms with Crippen LogP contribution in [0.25, 0.3) is 0 Å². The van der Waals surface area contributed by atoms with Crippen LogP contribution in [0.5, 0.6) is 11.5 Å². The molecular weight excluding hydrogens is 523 g/mol. The van der Waals surface area contributed by atoms with Crippen molar-refractivity contribution in [3.8, 4) is 11.5 Å². The number of nitrogens with one attached hydrogen (secondary N) is 2. The molecule has 178 valence electrons. The zero-order valence-corrected chi connectivity index (χ0v) is 22.9. The molecular formula is C23H41IN4O2S. The molecule has 1 fully saturated rings. The average Bonchev–Trinajstić information content (AvgIpc) is 3.23. The molecule has 6 nitrogen and oxygen atoms in total. The monoisotopic (exact) mass is 564 g/mol. The van der Waals surface area contributed by atoms with E-state index in [9.17, 15) is 0 Å². The smallest absolute Gasteiger partial charge is 0.191 e. The van der Waals surface area contributed by atoms with E-state index >= 15 is 0 Å². The maximum atomic E-state index is 5.96. The Morgan fingerprint density at radius 2 is 1.97 bits per heavy atom. The van der Waals surface area contributed by atoms with Crippen molar-refractivity contribution in [3.63, 3.8) is 0 Å². The molecule has 1 aliphatic carbocycles. The number of aliphatic imine (C=N–C) groups is 1. The summed E-state index contributed by atoms with van der Waals surface area (Å²) < 4.78 is 11.5. The van der Waals surface area contributed by atoms with Crippen LogP contribution in [-0.2, 0) is 6.54 Å². The molecule has 31 heavy (non-hydrogen) atoms. The predicted octanol–water partition coefficient (Wildman–Crippen LogP) is 4.37. The van der Waals surface area contributed by atoms with E-state index in [1.54, 1.807) is 7.11 Å². The number of benzene rings is 1. The Balaban J connectivity index is 0.00000480. The lowest BCUT2D eigenvalue weighted by Crippen LogP contribution is -2.42. The summed E-state index contributed by atoms with van der Waals surface area (Å²) in [6.07, 6.45) is 5.91. The molecule has 0 heterocycles. The van der Waals surface area contributed by atoms with Gasteiger partial charge in [0.05, 0.1) is 13.7 Å². The summed E-state index contributed by atoms with van der Waals surface area (Å²) in [4.78, 5) is 7.14. The van der Waals surface area contributed by atoms with Crippen molar-refractivity contribution in [1.82, 2.24) is 15.5 Å². The fraction of sp³-hybridized carbons (Fsp3) is 0.696. The molecule has 0 amide bonds. The first kappa shape index (κ1) is 28.2. The van der Waals surface area contributed by atoms with E-state index in [4.69, 9.17) is 14.5 Å². The molecule has 8 heteroatoms. The lowest BCUT2D eigenvalue weighted by atomic mass is 10.2. The molecule has 0 spiro atoms. The van der Waals surface area contributed by atoms with Crippen LogP contribution in [-0.4, -0.2) is 68.3 Å². The van der Waals surface area contributed by atoms with Gasteiger partial charge in [-0.15, -0.1) is 24.0 Å². The first-order valence-corrected chi connectivity index (χ1v) is 12.5. The van der Waals surface area contributed by atoms with Gasteiger partial charge < -0.3 is 25.0 Å². The van der Waals surface area contributed by atoms with Gasteiger partial charge in [-0.2, -0.15) is 11.8 Å². The van der Waals surface area contributed by atoms with Crippen molar-refractivity contribution in [2.24, 2.45) is 4.99 Å². The minimum Gasteiger partial charge on any atom is -0.493 e. The van der Waals surface area contributed by atoms with Gasteiger partial charge in [0.25, 0.3) is 0 Å². The third-order valence-electron chi connectivity index (χ3n) is 5.61. The van der Waals surface area contributed by atoms with Crippen molar-refractivity contribution in [2.75, 3.05) is 46.2 Å². The molecule has 0 bridgehead atoms. The second kappa shape index (κ2) is 15.9. The number of thioether (sulfide) groups is 1. The SMILES string of the molecule is CCNC(=NCc1ccc(OCCN(CC)CC)c(OC)c1)NC1CCC(SC)C1.I. The molecule has 1 saturated carbocycles. The number of methoxy groups -OCH3 is 1. The van der Waals surface area contributed by atoms with Gasteiger partial charge in [-0.3, -0.25) is 0 Å². The largest absolute Gasteiger partial charge is 0.493 e. The van der Waals surface area contributed by atoms with Crippen molar-refractivity contribution in [1.29, 1.82) is 0 Å². The summed E-state index contributed by atoms with van der Waals surface area (Å²) in [5, 5.41) is 7.75. The summed E-state index contributed by atoms with van der Waals surface area (Å²) >= 11 is 1.97.